The van der Waals surface area contributed by atoms with E-state index in [0.717, 1.165) is 36.2 Å². The van der Waals surface area contributed by atoms with Crippen LogP contribution < -0.4 is 5.32 Å². The average molecular weight is 259 g/mol. The molecule has 1 radical (unpaired) electrons. The van der Waals surface area contributed by atoms with Crippen LogP contribution in [0, 0.1) is 5.41 Å². The minimum atomic E-state index is -1.21. The van der Waals surface area contributed by atoms with E-state index in [4.69, 9.17) is 0 Å². The summed E-state index contributed by atoms with van der Waals surface area (Å²) in [6, 6.07) is -0.645. The van der Waals surface area contributed by atoms with Crippen molar-refractivity contribution in [3.05, 3.63) is 11.6 Å². The van der Waals surface area contributed by atoms with Crippen molar-refractivity contribution in [1.82, 2.24) is 10.2 Å². The number of carbonyl (C=O) groups is 3. The van der Waals surface area contributed by atoms with Crippen LogP contribution in [0.25, 0.3) is 0 Å². The Morgan fingerprint density at radius 3 is 2.50 bits per heavy atom. The number of barbiturate groups is 1. The fourth-order valence-corrected chi connectivity index (χ4v) is 2.41. The maximum atomic E-state index is 12.2. The normalized spacial score (nSPS) is 28.4. The van der Waals surface area contributed by atoms with Crippen molar-refractivity contribution in [2.24, 2.45) is 5.41 Å². The Kier molecular flexibility index (Phi) is 4.75. The summed E-state index contributed by atoms with van der Waals surface area (Å²) in [7, 11) is 1.39. The second kappa shape index (κ2) is 5.55. The van der Waals surface area contributed by atoms with Crippen molar-refractivity contribution < 1.29 is 14.4 Å². The molecule has 2 aliphatic rings. The number of amides is 4. The quantitative estimate of drug-likeness (QED) is 0.431. The smallest absolute Gasteiger partial charge is 0.276 e. The van der Waals surface area contributed by atoms with E-state index >= 15 is 0 Å². The third-order valence-corrected chi connectivity index (χ3v) is 3.64. The van der Waals surface area contributed by atoms with Gasteiger partial charge in [0.1, 0.15) is 5.41 Å². The molecule has 0 aromatic rings. The van der Waals surface area contributed by atoms with Gasteiger partial charge in [-0.25, -0.2) is 4.79 Å². The first-order valence-corrected chi connectivity index (χ1v) is 5.81. The van der Waals surface area contributed by atoms with Gasteiger partial charge in [0.15, 0.2) is 0 Å². The zero-order valence-corrected chi connectivity index (χ0v) is 13.1. The molecule has 2 rings (SSSR count). The predicted octanol–water partition coefficient (Wildman–Crippen LogP) is 0.820. The van der Waals surface area contributed by atoms with Gasteiger partial charge in [-0.2, -0.15) is 0 Å². The molecule has 5 nitrogen and oxygen atoms in total. The molecule has 18 heavy (non-hydrogen) atoms. The largest absolute Gasteiger partial charge is 0.330 e. The standard InChI is InChI=1S/C12H16N2O3.Na/c1-12(8-6-4-3-5-7-8)9(15)13-11(17)14(2)10(12)16;/h6H,3-5,7H2,1-2H3,(H,13,15,17);. The topological polar surface area (TPSA) is 66.5 Å². The molecule has 0 spiro atoms. The summed E-state index contributed by atoms with van der Waals surface area (Å²) < 4.78 is 0. The van der Waals surface area contributed by atoms with E-state index in [1.165, 1.54) is 7.05 Å². The minimum absolute atomic E-state index is 0. The molecular weight excluding hydrogens is 243 g/mol. The van der Waals surface area contributed by atoms with Crippen molar-refractivity contribution in [3.8, 4) is 0 Å². The van der Waals surface area contributed by atoms with Crippen molar-refractivity contribution in [3.63, 3.8) is 0 Å². The van der Waals surface area contributed by atoms with Crippen molar-refractivity contribution in [1.29, 1.82) is 0 Å². The minimum Gasteiger partial charge on any atom is -0.276 e. The molecule has 1 N–H and O–H groups in total. The zero-order chi connectivity index (χ0) is 12.6. The third kappa shape index (κ3) is 2.27. The molecule has 4 amide bonds. The van der Waals surface area contributed by atoms with Gasteiger partial charge >= 0.3 is 6.03 Å². The summed E-state index contributed by atoms with van der Waals surface area (Å²) in [6.07, 6.45) is 5.68. The Labute approximate surface area is 128 Å². The molecule has 1 unspecified atom stereocenters. The summed E-state index contributed by atoms with van der Waals surface area (Å²) in [5.74, 6) is -0.932. The van der Waals surface area contributed by atoms with Crippen LogP contribution in [0.1, 0.15) is 32.6 Å². The summed E-state index contributed by atoms with van der Waals surface area (Å²) in [6.45, 7) is 1.60. The summed E-state index contributed by atoms with van der Waals surface area (Å²) in [5.41, 5.74) is -0.367. The van der Waals surface area contributed by atoms with Gasteiger partial charge in [-0.1, -0.05) is 6.08 Å². The third-order valence-electron chi connectivity index (χ3n) is 3.64. The number of urea groups is 1. The molecule has 1 aliphatic heterocycles. The second-order valence-corrected chi connectivity index (χ2v) is 4.72. The van der Waals surface area contributed by atoms with Crippen molar-refractivity contribution >= 4 is 47.4 Å². The van der Waals surface area contributed by atoms with Crippen LogP contribution in [0.3, 0.4) is 0 Å². The van der Waals surface area contributed by atoms with Gasteiger partial charge in [-0.15, -0.1) is 0 Å². The van der Waals surface area contributed by atoms with E-state index < -0.39 is 23.3 Å². The number of nitrogens with one attached hydrogen (secondary N) is 1. The molecule has 0 bridgehead atoms. The molecule has 6 heteroatoms. The van der Waals surface area contributed by atoms with E-state index in [1.807, 2.05) is 6.08 Å². The van der Waals surface area contributed by atoms with Gasteiger partial charge in [-0.05, 0) is 38.2 Å². The zero-order valence-electron chi connectivity index (χ0n) is 11.1. The first-order chi connectivity index (χ1) is 7.98. The van der Waals surface area contributed by atoms with Gasteiger partial charge < -0.3 is 0 Å². The molecule has 1 saturated heterocycles. The Morgan fingerprint density at radius 1 is 1.28 bits per heavy atom. The van der Waals surface area contributed by atoms with Crippen LogP contribution in [0.4, 0.5) is 4.79 Å². The van der Waals surface area contributed by atoms with Crippen LogP contribution in [0.2, 0.25) is 0 Å². The Balaban J connectivity index is 0.00000162. The van der Waals surface area contributed by atoms with Gasteiger partial charge in [0.25, 0.3) is 0 Å². The number of hydrogen-bond donors (Lipinski definition) is 1. The van der Waals surface area contributed by atoms with Gasteiger partial charge in [0, 0.05) is 36.6 Å². The van der Waals surface area contributed by atoms with Gasteiger partial charge in [0.05, 0.1) is 0 Å². The van der Waals surface area contributed by atoms with E-state index in [9.17, 15) is 14.4 Å². The molecule has 0 aromatic heterocycles. The van der Waals surface area contributed by atoms with Crippen LogP contribution in [-0.4, -0.2) is 59.4 Å². The van der Waals surface area contributed by atoms with E-state index in [1.54, 1.807) is 6.92 Å². The van der Waals surface area contributed by atoms with E-state index in [2.05, 4.69) is 5.32 Å². The monoisotopic (exact) mass is 259 g/mol. The van der Waals surface area contributed by atoms with Crippen molar-refractivity contribution in [2.75, 3.05) is 7.05 Å². The summed E-state index contributed by atoms with van der Waals surface area (Å²) in [5, 5.41) is 2.23. The molecule has 1 heterocycles. The summed E-state index contributed by atoms with van der Waals surface area (Å²) >= 11 is 0. The SMILES string of the molecule is CN1C(=O)NC(=O)C(C)(C2=CCCCC2)C1=O.[Na]. The van der Waals surface area contributed by atoms with Crippen LogP contribution in [0.15, 0.2) is 11.6 Å². The molecule has 0 aromatic carbocycles. The fourth-order valence-electron chi connectivity index (χ4n) is 2.41. The molecule has 1 aliphatic carbocycles. The molecule has 0 saturated carbocycles. The molecule has 93 valence electrons. The maximum absolute atomic E-state index is 12.2. The number of allylic oxidation sites excluding steroid dienone is 1. The number of rotatable bonds is 1. The van der Waals surface area contributed by atoms with Gasteiger partial charge in [0.2, 0.25) is 11.8 Å². The first kappa shape index (κ1) is 15.4. The Morgan fingerprint density at radius 2 is 1.94 bits per heavy atom. The number of nitrogens with zero attached hydrogens (tertiary/aromatic N) is 1. The Bertz CT molecular complexity index is 433. The number of imide groups is 2. The fraction of sp³-hybridized carbons (Fsp3) is 0.583. The molecule has 1 fully saturated rings. The first-order valence-electron chi connectivity index (χ1n) is 5.81. The number of carbonyl (C=O) groups excluding carboxylic acids is 3. The van der Waals surface area contributed by atoms with Crippen LogP contribution >= 0.6 is 0 Å². The molecule has 1 atom stereocenters. The Hall–Kier alpha value is -0.650. The van der Waals surface area contributed by atoms with Crippen LogP contribution in [-0.2, 0) is 9.59 Å². The second-order valence-electron chi connectivity index (χ2n) is 4.72. The number of hydrogen-bond acceptors (Lipinski definition) is 3. The average Bonchev–Trinajstić information content (AvgIpc) is 2.35. The van der Waals surface area contributed by atoms with Gasteiger partial charge in [-0.3, -0.25) is 19.8 Å². The van der Waals surface area contributed by atoms with Crippen LogP contribution in [0.5, 0.6) is 0 Å². The van der Waals surface area contributed by atoms with E-state index in [0.29, 0.717) is 0 Å². The summed E-state index contributed by atoms with van der Waals surface area (Å²) in [4.78, 5) is 36.5. The maximum Gasteiger partial charge on any atom is 0.330 e. The predicted molar refractivity (Wildman–Crippen MR) is 66.7 cm³/mol. The van der Waals surface area contributed by atoms with E-state index in [-0.39, 0.29) is 29.6 Å². The van der Waals surface area contributed by atoms with Crippen molar-refractivity contribution in [2.45, 2.75) is 32.6 Å². The molecular formula is C12H16N2NaO3.